The monoisotopic (exact) mass is 929 g/mol. The number of phenols is 1. The van der Waals surface area contributed by atoms with Gasteiger partial charge in [-0.1, -0.05) is 104 Å². The second-order valence-corrected chi connectivity index (χ2v) is 20.9. The molecule has 1 fully saturated rings. The zero-order valence-electron chi connectivity index (χ0n) is 36.0. The van der Waals surface area contributed by atoms with Crippen LogP contribution in [0.15, 0.2) is 115 Å². The number of rotatable bonds is 22. The van der Waals surface area contributed by atoms with Gasteiger partial charge in [-0.3, -0.25) is 14.2 Å². The number of aromatic nitrogens is 1. The van der Waals surface area contributed by atoms with Gasteiger partial charge in [0.05, 0.1) is 11.7 Å². The van der Waals surface area contributed by atoms with E-state index >= 15 is 4.57 Å². The molecule has 0 spiro atoms. The number of nitrogens with one attached hydrogen (secondary N) is 5. The molecule has 1 unspecified atom stereocenters. The Morgan fingerprint density at radius 1 is 0.831 bits per heavy atom. The largest absolute Gasteiger partial charge is 0.508 e. The molecule has 5 atom stereocenters. The van der Waals surface area contributed by atoms with Gasteiger partial charge in [0, 0.05) is 42.1 Å². The van der Waals surface area contributed by atoms with Crippen molar-refractivity contribution in [2.45, 2.75) is 81.8 Å². The number of ether oxygens (including phenoxy) is 1. The van der Waals surface area contributed by atoms with Crippen LogP contribution in [0, 0.1) is 5.41 Å². The highest BCUT2D eigenvalue weighted by atomic mass is 32.2. The van der Waals surface area contributed by atoms with Crippen LogP contribution < -0.4 is 20.7 Å². The number of H-pyrrole nitrogens is 1. The third-order valence-corrected chi connectivity index (χ3v) is 14.9. The number of amides is 3. The number of unbranched alkanes of at least 4 members (excludes halogenated alkanes) is 1. The van der Waals surface area contributed by atoms with Crippen molar-refractivity contribution in [3.63, 3.8) is 0 Å². The van der Waals surface area contributed by atoms with Crippen LogP contribution >= 0.6 is 7.37 Å². The van der Waals surface area contributed by atoms with Crippen LogP contribution in [0.2, 0.25) is 0 Å². The Bertz CT molecular complexity index is 2570. The van der Waals surface area contributed by atoms with Crippen LogP contribution in [-0.4, -0.2) is 89.2 Å². The molecule has 0 radical (unpaired) electrons. The van der Waals surface area contributed by atoms with Gasteiger partial charge in [-0.05, 0) is 72.6 Å². The average molecular weight is 930 g/mol. The molecule has 5 aromatic rings. The Morgan fingerprint density at radius 2 is 1.46 bits per heavy atom. The second-order valence-electron chi connectivity index (χ2n) is 16.7. The van der Waals surface area contributed by atoms with Crippen molar-refractivity contribution >= 4 is 52.2 Å². The van der Waals surface area contributed by atoms with Crippen molar-refractivity contribution in [2.75, 3.05) is 19.0 Å². The molecule has 1 aliphatic rings. The molecule has 6 rings (SSSR count). The Morgan fingerprint density at radius 3 is 2.12 bits per heavy atom. The average Bonchev–Trinajstić information content (AvgIpc) is 3.93. The zero-order valence-corrected chi connectivity index (χ0v) is 37.7. The number of carbonyl (C=O) groups excluding carboxylic acids is 3. The van der Waals surface area contributed by atoms with E-state index in [-0.39, 0.29) is 51.0 Å². The highest BCUT2D eigenvalue weighted by molar-refractivity contribution is 7.88. The summed E-state index contributed by atoms with van der Waals surface area (Å²) in [5.41, 5.74) is 1.70. The van der Waals surface area contributed by atoms with E-state index in [1.54, 1.807) is 48.7 Å². The zero-order chi connectivity index (χ0) is 46.6. The molecular weight excluding hydrogens is 874 g/mol. The maximum absolute atomic E-state index is 15.4. The number of carboxylic acid groups (broad SMARTS) is 1. The molecule has 0 aliphatic heterocycles. The van der Waals surface area contributed by atoms with Gasteiger partial charge < -0.3 is 40.8 Å². The fourth-order valence-corrected chi connectivity index (χ4v) is 12.0. The summed E-state index contributed by atoms with van der Waals surface area (Å²) in [7, 11) is -8.81. The molecular formula is C47H56N5O11PS. The maximum atomic E-state index is 15.4. The van der Waals surface area contributed by atoms with Gasteiger partial charge in [0.25, 0.3) is 0 Å². The molecule has 3 amide bonds. The summed E-state index contributed by atoms with van der Waals surface area (Å²) in [6.45, 7) is 0.221. The van der Waals surface area contributed by atoms with E-state index < -0.39 is 76.6 Å². The Labute approximate surface area is 378 Å². The van der Waals surface area contributed by atoms with E-state index in [1.807, 2.05) is 54.6 Å². The summed E-state index contributed by atoms with van der Waals surface area (Å²) in [6, 6.07) is 28.2. The van der Waals surface area contributed by atoms with Gasteiger partial charge in [-0.2, -0.15) is 0 Å². The van der Waals surface area contributed by atoms with E-state index in [9.17, 15) is 42.7 Å². The van der Waals surface area contributed by atoms with Gasteiger partial charge in [-0.25, -0.2) is 22.7 Å². The number of aromatic amines is 1. The SMILES string of the molecule is CS(=O)(=O)N[C@@H](CCCCNC(=O)OCc1ccccc1)C(=O)N[C@@H]([C@@H](c1ccccc1)c1ccc(O)cc1)P(=O)(O)CC1(C(=O)N[C@@H](Cc2c[nH]c3ccccc23)C(=O)O)CCCC1. The molecule has 18 heteroatoms. The van der Waals surface area contributed by atoms with Gasteiger partial charge in [0.2, 0.25) is 29.2 Å². The molecule has 1 aromatic heterocycles. The smallest absolute Gasteiger partial charge is 0.407 e. The molecule has 1 heterocycles. The number of carboxylic acids is 1. The van der Waals surface area contributed by atoms with Crippen molar-refractivity contribution < 1.29 is 52.0 Å². The number of benzene rings is 4. The molecule has 4 aromatic carbocycles. The normalized spacial score (nSPS) is 16.3. The van der Waals surface area contributed by atoms with Crippen LogP contribution in [-0.2, 0) is 46.7 Å². The highest BCUT2D eigenvalue weighted by Gasteiger charge is 2.51. The lowest BCUT2D eigenvalue weighted by molar-refractivity contribution is -0.143. The van der Waals surface area contributed by atoms with Crippen LogP contribution in [0.5, 0.6) is 5.75 Å². The second kappa shape index (κ2) is 21.8. The van der Waals surface area contributed by atoms with Crippen molar-refractivity contribution in [1.82, 2.24) is 25.7 Å². The standard InChI is InChI=1S/C47H56N5O11PS/c1-65(61,62)52-39(20-10-13-27-48-46(58)63-30-32-14-4-2-5-15-32)42(54)51-43(41(33-16-6-3-7-17-33)34-21-23-36(53)24-22-34)64(59,60)31-47(25-11-12-26-47)45(57)50-40(44(55)56)28-35-29-49-38-19-9-8-18-37(35)38/h2-9,14-19,21-24,29,39-41,43,49,52-53H,10-13,20,25-28,30-31H2,1H3,(H,48,58)(H,50,57)(H,51,54)(H,55,56)(H,59,60)/t39-,40-,41-,43+/m0/s1. The molecule has 346 valence electrons. The van der Waals surface area contributed by atoms with E-state index in [2.05, 4.69) is 25.7 Å². The van der Waals surface area contributed by atoms with Crippen LogP contribution in [0.1, 0.15) is 73.1 Å². The molecule has 1 saturated carbocycles. The Kier molecular flexibility index (Phi) is 16.2. The van der Waals surface area contributed by atoms with E-state index in [0.29, 0.717) is 36.0 Å². The first-order valence-electron chi connectivity index (χ1n) is 21.5. The lowest BCUT2D eigenvalue weighted by atomic mass is 9.87. The summed E-state index contributed by atoms with van der Waals surface area (Å²) < 4.78 is 48.4. The first-order chi connectivity index (χ1) is 31.0. The van der Waals surface area contributed by atoms with E-state index in [1.165, 1.54) is 12.1 Å². The molecule has 0 saturated heterocycles. The number of hydrogen-bond acceptors (Lipinski definition) is 9. The number of carbonyl (C=O) groups is 4. The minimum Gasteiger partial charge on any atom is -0.508 e. The minimum absolute atomic E-state index is 0.0588. The summed E-state index contributed by atoms with van der Waals surface area (Å²) in [5, 5.41) is 29.4. The fraction of sp³-hybridized carbons (Fsp3) is 0.362. The van der Waals surface area contributed by atoms with Crippen LogP contribution in [0.4, 0.5) is 4.79 Å². The number of sulfonamides is 1. The number of alkyl carbamates (subject to hydrolysis) is 1. The molecule has 1 aliphatic carbocycles. The van der Waals surface area contributed by atoms with Gasteiger partial charge in [0.1, 0.15) is 30.2 Å². The molecule has 65 heavy (non-hydrogen) atoms. The maximum Gasteiger partial charge on any atom is 0.407 e. The van der Waals surface area contributed by atoms with Crippen molar-refractivity contribution in [1.29, 1.82) is 0 Å². The number of aliphatic carboxylic acids is 1. The number of hydrogen-bond donors (Lipinski definition) is 8. The third kappa shape index (κ3) is 13.3. The minimum atomic E-state index is -4.79. The first kappa shape index (κ1) is 48.5. The molecule has 16 nitrogen and oxygen atoms in total. The Hall–Kier alpha value is -6.00. The summed E-state index contributed by atoms with van der Waals surface area (Å²) in [6.07, 6.45) is 3.13. The van der Waals surface area contributed by atoms with E-state index in [4.69, 9.17) is 4.74 Å². The van der Waals surface area contributed by atoms with E-state index in [0.717, 1.165) is 22.7 Å². The summed E-state index contributed by atoms with van der Waals surface area (Å²) in [4.78, 5) is 69.6. The van der Waals surface area contributed by atoms with Crippen LogP contribution in [0.3, 0.4) is 0 Å². The lowest BCUT2D eigenvalue weighted by Gasteiger charge is -2.38. The quantitative estimate of drug-likeness (QED) is 0.0291. The number of fused-ring (bicyclic) bond motifs is 1. The van der Waals surface area contributed by atoms with Crippen LogP contribution in [0.25, 0.3) is 10.9 Å². The van der Waals surface area contributed by atoms with Crippen molar-refractivity contribution in [2.24, 2.45) is 5.41 Å². The third-order valence-electron chi connectivity index (χ3n) is 11.8. The fourth-order valence-electron chi connectivity index (χ4n) is 8.58. The van der Waals surface area contributed by atoms with Gasteiger partial charge in [0.15, 0.2) is 0 Å². The summed E-state index contributed by atoms with van der Waals surface area (Å²) >= 11 is 0. The van der Waals surface area contributed by atoms with Crippen molar-refractivity contribution in [3.05, 3.63) is 138 Å². The summed E-state index contributed by atoms with van der Waals surface area (Å²) in [5.74, 6) is -5.67. The topological polar surface area (TPSA) is 253 Å². The highest BCUT2D eigenvalue weighted by Crippen LogP contribution is 2.58. The van der Waals surface area contributed by atoms with Gasteiger partial charge >= 0.3 is 12.1 Å². The number of phenolic OH excluding ortho intramolecular Hbond substituents is 1. The first-order valence-corrected chi connectivity index (χ1v) is 25.3. The predicted molar refractivity (Wildman–Crippen MR) is 246 cm³/mol. The van der Waals surface area contributed by atoms with Gasteiger partial charge in [-0.15, -0.1) is 0 Å². The molecule has 0 bridgehead atoms. The van der Waals surface area contributed by atoms with Crippen molar-refractivity contribution in [3.8, 4) is 5.75 Å². The molecule has 8 N–H and O–H groups in total. The lowest BCUT2D eigenvalue weighted by Crippen LogP contribution is -2.53. The Balaban J connectivity index is 1.26. The number of aromatic hydroxyl groups is 1. The predicted octanol–water partition coefficient (Wildman–Crippen LogP) is 6.11. The number of para-hydroxylation sites is 1.